The number of aromatic nitrogens is 1. The lowest BCUT2D eigenvalue weighted by molar-refractivity contribution is 0.0787. The van der Waals surface area contributed by atoms with Gasteiger partial charge in [0.15, 0.2) is 0 Å². The predicted molar refractivity (Wildman–Crippen MR) is 82.2 cm³/mol. The second-order valence-electron chi connectivity index (χ2n) is 5.08. The van der Waals surface area contributed by atoms with E-state index >= 15 is 0 Å². The third-order valence-corrected chi connectivity index (χ3v) is 3.50. The van der Waals surface area contributed by atoms with Crippen molar-refractivity contribution in [2.24, 2.45) is 0 Å². The van der Waals surface area contributed by atoms with E-state index in [0.29, 0.717) is 12.1 Å². The summed E-state index contributed by atoms with van der Waals surface area (Å²) in [5.74, 6) is 0.163. The second-order valence-corrected chi connectivity index (χ2v) is 5.08. The van der Waals surface area contributed by atoms with Crippen LogP contribution in [0.15, 0.2) is 54.7 Å². The van der Waals surface area contributed by atoms with Gasteiger partial charge in [-0.25, -0.2) is 0 Å². The van der Waals surface area contributed by atoms with E-state index in [-0.39, 0.29) is 11.7 Å². The number of hydrogen-bond donors (Lipinski definition) is 2. The van der Waals surface area contributed by atoms with Crippen LogP contribution in [0, 0.1) is 0 Å². The molecule has 0 aliphatic heterocycles. The topological polar surface area (TPSA) is 56.3 Å². The highest BCUT2D eigenvalue weighted by molar-refractivity contribution is 6.06. The molecule has 3 aromatic rings. The van der Waals surface area contributed by atoms with E-state index in [1.165, 1.54) is 0 Å². The number of aromatic amines is 1. The van der Waals surface area contributed by atoms with Crippen molar-refractivity contribution in [2.75, 3.05) is 7.05 Å². The van der Waals surface area contributed by atoms with Crippen LogP contribution >= 0.6 is 0 Å². The zero-order chi connectivity index (χ0) is 14.8. The largest absolute Gasteiger partial charge is 0.508 e. The van der Waals surface area contributed by atoms with E-state index in [1.54, 1.807) is 36.3 Å². The number of phenols is 1. The SMILES string of the molecule is CN(Cc1cccc(O)c1)C(=O)c1c[nH]c2ccccc12. The van der Waals surface area contributed by atoms with Crippen LogP contribution in [-0.4, -0.2) is 27.9 Å². The highest BCUT2D eigenvalue weighted by Crippen LogP contribution is 2.20. The zero-order valence-corrected chi connectivity index (χ0v) is 11.7. The molecule has 4 nitrogen and oxygen atoms in total. The number of para-hydroxylation sites is 1. The molecule has 0 saturated carbocycles. The Bertz CT molecular complexity index is 792. The number of nitrogens with zero attached hydrogens (tertiary/aromatic N) is 1. The van der Waals surface area contributed by atoms with Crippen LogP contribution in [0.3, 0.4) is 0 Å². The normalized spacial score (nSPS) is 10.7. The van der Waals surface area contributed by atoms with Crippen molar-refractivity contribution in [1.29, 1.82) is 0 Å². The summed E-state index contributed by atoms with van der Waals surface area (Å²) in [4.78, 5) is 17.3. The number of carbonyl (C=O) groups is 1. The van der Waals surface area contributed by atoms with Crippen molar-refractivity contribution in [3.63, 3.8) is 0 Å². The molecule has 0 radical (unpaired) electrons. The lowest BCUT2D eigenvalue weighted by atomic mass is 10.1. The molecule has 0 atom stereocenters. The summed E-state index contributed by atoms with van der Waals surface area (Å²) < 4.78 is 0. The van der Waals surface area contributed by atoms with Gasteiger partial charge in [-0.3, -0.25) is 4.79 Å². The van der Waals surface area contributed by atoms with Gasteiger partial charge >= 0.3 is 0 Å². The number of H-pyrrole nitrogens is 1. The molecule has 0 saturated heterocycles. The lowest BCUT2D eigenvalue weighted by Crippen LogP contribution is -2.25. The Morgan fingerprint density at radius 2 is 2.00 bits per heavy atom. The van der Waals surface area contributed by atoms with Gasteiger partial charge in [0.1, 0.15) is 5.75 Å². The summed E-state index contributed by atoms with van der Waals surface area (Å²) in [6, 6.07) is 14.7. The van der Waals surface area contributed by atoms with Crippen LogP contribution in [0.5, 0.6) is 5.75 Å². The van der Waals surface area contributed by atoms with Gasteiger partial charge in [0.2, 0.25) is 0 Å². The van der Waals surface area contributed by atoms with Gasteiger partial charge in [-0.2, -0.15) is 0 Å². The fourth-order valence-electron chi connectivity index (χ4n) is 2.45. The Labute approximate surface area is 122 Å². The van der Waals surface area contributed by atoms with E-state index in [2.05, 4.69) is 4.98 Å². The average molecular weight is 280 g/mol. The Balaban J connectivity index is 1.84. The molecule has 0 bridgehead atoms. The Hall–Kier alpha value is -2.75. The molecular weight excluding hydrogens is 264 g/mol. The summed E-state index contributed by atoms with van der Waals surface area (Å²) in [5.41, 5.74) is 2.51. The molecule has 1 aromatic heterocycles. The molecule has 0 spiro atoms. The average Bonchev–Trinajstić information content (AvgIpc) is 2.90. The number of nitrogens with one attached hydrogen (secondary N) is 1. The minimum absolute atomic E-state index is 0.0456. The van der Waals surface area contributed by atoms with Crippen molar-refractivity contribution in [1.82, 2.24) is 9.88 Å². The van der Waals surface area contributed by atoms with Gasteiger partial charge in [-0.1, -0.05) is 30.3 Å². The van der Waals surface area contributed by atoms with E-state index in [0.717, 1.165) is 16.5 Å². The molecule has 2 aromatic carbocycles. The Kier molecular flexibility index (Phi) is 3.36. The smallest absolute Gasteiger partial charge is 0.256 e. The minimum atomic E-state index is -0.0456. The molecule has 3 rings (SSSR count). The van der Waals surface area contributed by atoms with Crippen LogP contribution in [0.2, 0.25) is 0 Å². The molecule has 21 heavy (non-hydrogen) atoms. The van der Waals surface area contributed by atoms with Crippen LogP contribution in [0.25, 0.3) is 10.9 Å². The summed E-state index contributed by atoms with van der Waals surface area (Å²) in [6.07, 6.45) is 1.74. The Morgan fingerprint density at radius 1 is 1.19 bits per heavy atom. The maximum Gasteiger partial charge on any atom is 0.256 e. The molecular formula is C17H16N2O2. The van der Waals surface area contributed by atoms with Gasteiger partial charge < -0.3 is 15.0 Å². The van der Waals surface area contributed by atoms with Crippen molar-refractivity contribution in [3.05, 3.63) is 65.9 Å². The van der Waals surface area contributed by atoms with E-state index in [4.69, 9.17) is 0 Å². The zero-order valence-electron chi connectivity index (χ0n) is 11.7. The van der Waals surface area contributed by atoms with Crippen LogP contribution in [0.4, 0.5) is 0 Å². The summed E-state index contributed by atoms with van der Waals surface area (Å²) in [7, 11) is 1.76. The maximum atomic E-state index is 12.6. The predicted octanol–water partition coefficient (Wildman–Crippen LogP) is 3.15. The van der Waals surface area contributed by atoms with Gasteiger partial charge in [0.05, 0.1) is 5.56 Å². The second kappa shape index (κ2) is 5.32. The van der Waals surface area contributed by atoms with Crippen LogP contribution in [-0.2, 0) is 6.54 Å². The fraction of sp³-hybridized carbons (Fsp3) is 0.118. The highest BCUT2D eigenvalue weighted by Gasteiger charge is 2.16. The summed E-state index contributed by atoms with van der Waals surface area (Å²) in [5, 5.41) is 10.4. The van der Waals surface area contributed by atoms with Gasteiger partial charge in [-0.05, 0) is 23.8 Å². The van der Waals surface area contributed by atoms with Crippen molar-refractivity contribution in [2.45, 2.75) is 6.54 Å². The number of benzene rings is 2. The van der Waals surface area contributed by atoms with Crippen LogP contribution in [0.1, 0.15) is 15.9 Å². The Morgan fingerprint density at radius 3 is 2.81 bits per heavy atom. The molecule has 0 fully saturated rings. The number of aromatic hydroxyl groups is 1. The summed E-state index contributed by atoms with van der Waals surface area (Å²) in [6.45, 7) is 0.451. The number of phenolic OH excluding ortho intramolecular Hbond substituents is 1. The first-order chi connectivity index (χ1) is 10.1. The van der Waals surface area contributed by atoms with Crippen LogP contribution < -0.4 is 0 Å². The highest BCUT2D eigenvalue weighted by atomic mass is 16.3. The van der Waals surface area contributed by atoms with Gasteiger partial charge in [-0.15, -0.1) is 0 Å². The van der Waals surface area contributed by atoms with E-state index in [1.807, 2.05) is 30.3 Å². The number of carbonyl (C=O) groups excluding carboxylic acids is 1. The number of amides is 1. The number of hydrogen-bond acceptors (Lipinski definition) is 2. The van der Waals surface area contributed by atoms with Crippen molar-refractivity contribution in [3.8, 4) is 5.75 Å². The number of fused-ring (bicyclic) bond motifs is 1. The molecule has 0 unspecified atom stereocenters. The third kappa shape index (κ3) is 2.60. The minimum Gasteiger partial charge on any atom is -0.508 e. The molecule has 0 aliphatic rings. The monoisotopic (exact) mass is 280 g/mol. The van der Waals surface area contributed by atoms with Gasteiger partial charge in [0, 0.05) is 30.7 Å². The first-order valence-corrected chi connectivity index (χ1v) is 6.74. The molecule has 1 amide bonds. The molecule has 4 heteroatoms. The standard InChI is InChI=1S/C17H16N2O2/c1-19(11-12-5-4-6-13(20)9-12)17(21)15-10-18-16-8-3-2-7-14(15)16/h2-10,18,20H,11H2,1H3. The molecule has 1 heterocycles. The third-order valence-electron chi connectivity index (χ3n) is 3.50. The van der Waals surface area contributed by atoms with E-state index in [9.17, 15) is 9.90 Å². The first kappa shape index (κ1) is 13.2. The molecule has 106 valence electrons. The fourth-order valence-corrected chi connectivity index (χ4v) is 2.45. The van der Waals surface area contributed by atoms with E-state index < -0.39 is 0 Å². The molecule has 2 N–H and O–H groups in total. The first-order valence-electron chi connectivity index (χ1n) is 6.74. The quantitative estimate of drug-likeness (QED) is 0.774. The van der Waals surface area contributed by atoms with Crippen molar-refractivity contribution < 1.29 is 9.90 Å². The number of rotatable bonds is 3. The van der Waals surface area contributed by atoms with Crippen molar-refractivity contribution >= 4 is 16.8 Å². The maximum absolute atomic E-state index is 12.6. The van der Waals surface area contributed by atoms with Gasteiger partial charge in [0.25, 0.3) is 5.91 Å². The molecule has 0 aliphatic carbocycles. The lowest BCUT2D eigenvalue weighted by Gasteiger charge is -2.17. The summed E-state index contributed by atoms with van der Waals surface area (Å²) >= 11 is 0.